The smallest absolute Gasteiger partial charge is 0.189 e. The molecule has 4 nitrogen and oxygen atoms in total. The van der Waals surface area contributed by atoms with Crippen molar-refractivity contribution in [2.45, 2.75) is 20.8 Å². The first kappa shape index (κ1) is 15.4. The van der Waals surface area contributed by atoms with Gasteiger partial charge in [-0.3, -0.25) is 9.78 Å². The predicted molar refractivity (Wildman–Crippen MR) is 85.4 cm³/mol. The van der Waals surface area contributed by atoms with E-state index in [2.05, 4.69) is 25.9 Å². The molecule has 0 fully saturated rings. The first-order chi connectivity index (χ1) is 9.88. The zero-order chi connectivity index (χ0) is 15.6. The summed E-state index contributed by atoms with van der Waals surface area (Å²) in [5.74, 6) is -0.332. The average Bonchev–Trinajstić information content (AvgIpc) is 2.41. The first-order valence-electron chi connectivity index (χ1n) is 6.41. The Bertz CT molecular complexity index is 739. The number of hydrogen-bond acceptors (Lipinski definition) is 4. The number of phenols is 1. The average molecular weight is 347 g/mol. The van der Waals surface area contributed by atoms with Gasteiger partial charge in [-0.25, -0.2) is 4.98 Å². The molecule has 5 heteroatoms. The predicted octanol–water partition coefficient (Wildman–Crippen LogP) is 3.77. The van der Waals surface area contributed by atoms with Gasteiger partial charge < -0.3 is 5.11 Å². The number of phenolic OH excluding ortho intramolecular Hbond substituents is 1. The summed E-state index contributed by atoms with van der Waals surface area (Å²) < 4.78 is 0.719. The molecular weight excluding hydrogens is 332 g/mol. The van der Waals surface area contributed by atoms with Crippen LogP contribution in [0.1, 0.15) is 33.1 Å². The van der Waals surface area contributed by atoms with E-state index in [0.29, 0.717) is 5.69 Å². The molecule has 0 saturated heterocycles. The maximum absolute atomic E-state index is 12.1. The van der Waals surface area contributed by atoms with Gasteiger partial charge in [0.15, 0.2) is 5.78 Å². The van der Waals surface area contributed by atoms with E-state index in [0.717, 1.165) is 21.6 Å². The van der Waals surface area contributed by atoms with E-state index in [-0.39, 0.29) is 17.1 Å². The number of rotatable bonds is 3. The zero-order valence-electron chi connectivity index (χ0n) is 12.0. The highest BCUT2D eigenvalue weighted by molar-refractivity contribution is 9.10. The van der Waals surface area contributed by atoms with Gasteiger partial charge in [0.25, 0.3) is 0 Å². The summed E-state index contributed by atoms with van der Waals surface area (Å²) in [5.41, 5.74) is 3.38. The third-order valence-corrected chi connectivity index (χ3v) is 3.63. The summed E-state index contributed by atoms with van der Waals surface area (Å²) in [6.07, 6.45) is 3.02. The molecule has 0 aliphatic carbocycles. The SMILES string of the molecule is Cc1nc(C)c(C=CC(=O)c2ccc(Br)cc2O)nc1C. The Morgan fingerprint density at radius 2 is 1.81 bits per heavy atom. The number of hydrogen-bond donors (Lipinski definition) is 1. The van der Waals surface area contributed by atoms with Gasteiger partial charge in [0.1, 0.15) is 5.75 Å². The number of carbonyl (C=O) groups excluding carboxylic acids is 1. The Morgan fingerprint density at radius 3 is 2.48 bits per heavy atom. The molecule has 1 aromatic carbocycles. The number of aryl methyl sites for hydroxylation is 3. The van der Waals surface area contributed by atoms with Crippen molar-refractivity contribution in [3.63, 3.8) is 0 Å². The molecule has 0 unspecified atom stereocenters. The highest BCUT2D eigenvalue weighted by atomic mass is 79.9. The number of ketones is 1. The Morgan fingerprint density at radius 1 is 1.14 bits per heavy atom. The molecule has 1 N–H and O–H groups in total. The largest absolute Gasteiger partial charge is 0.507 e. The van der Waals surface area contributed by atoms with Crippen LogP contribution in [0.4, 0.5) is 0 Å². The summed E-state index contributed by atoms with van der Waals surface area (Å²) in [4.78, 5) is 20.9. The minimum absolute atomic E-state index is 0.0538. The minimum Gasteiger partial charge on any atom is -0.507 e. The summed E-state index contributed by atoms with van der Waals surface area (Å²) >= 11 is 3.24. The van der Waals surface area contributed by atoms with Crippen LogP contribution in [0.2, 0.25) is 0 Å². The zero-order valence-corrected chi connectivity index (χ0v) is 13.6. The van der Waals surface area contributed by atoms with Gasteiger partial charge in [-0.2, -0.15) is 0 Å². The second kappa shape index (κ2) is 6.18. The van der Waals surface area contributed by atoms with Crippen LogP contribution in [0, 0.1) is 20.8 Å². The number of halogens is 1. The molecule has 0 radical (unpaired) electrons. The molecule has 1 aromatic heterocycles. The Hall–Kier alpha value is -2.01. The van der Waals surface area contributed by atoms with Crippen molar-refractivity contribution in [3.05, 3.63) is 57.1 Å². The molecule has 0 bridgehead atoms. The molecule has 0 saturated carbocycles. The quantitative estimate of drug-likeness (QED) is 0.678. The van der Waals surface area contributed by atoms with E-state index >= 15 is 0 Å². The molecule has 2 rings (SSSR count). The number of benzene rings is 1. The van der Waals surface area contributed by atoms with Crippen LogP contribution in [-0.2, 0) is 0 Å². The number of carbonyl (C=O) groups is 1. The molecule has 0 spiro atoms. The second-order valence-corrected chi connectivity index (χ2v) is 5.64. The maximum Gasteiger partial charge on any atom is 0.189 e. The van der Waals surface area contributed by atoms with Crippen molar-refractivity contribution in [3.8, 4) is 5.75 Å². The highest BCUT2D eigenvalue weighted by Crippen LogP contribution is 2.23. The van der Waals surface area contributed by atoms with Crippen molar-refractivity contribution in [1.29, 1.82) is 0 Å². The van der Waals surface area contributed by atoms with Crippen molar-refractivity contribution >= 4 is 27.8 Å². The molecular formula is C16H15BrN2O2. The van der Waals surface area contributed by atoms with Gasteiger partial charge in [0.05, 0.1) is 28.3 Å². The van der Waals surface area contributed by atoms with Crippen molar-refractivity contribution in [2.24, 2.45) is 0 Å². The molecule has 0 aliphatic heterocycles. The molecule has 0 aliphatic rings. The summed E-state index contributed by atoms with van der Waals surface area (Å²) in [6, 6.07) is 4.77. The maximum atomic E-state index is 12.1. The van der Waals surface area contributed by atoms with Gasteiger partial charge in [0, 0.05) is 4.47 Å². The van der Waals surface area contributed by atoms with Crippen LogP contribution in [0.25, 0.3) is 6.08 Å². The molecule has 21 heavy (non-hydrogen) atoms. The lowest BCUT2D eigenvalue weighted by Gasteiger charge is -2.04. The van der Waals surface area contributed by atoms with Crippen LogP contribution in [0.5, 0.6) is 5.75 Å². The van der Waals surface area contributed by atoms with Crippen LogP contribution >= 0.6 is 15.9 Å². The fourth-order valence-corrected chi connectivity index (χ4v) is 2.20. The molecule has 0 atom stereocenters. The Balaban J connectivity index is 2.29. The van der Waals surface area contributed by atoms with E-state index < -0.39 is 0 Å². The summed E-state index contributed by atoms with van der Waals surface area (Å²) in [6.45, 7) is 5.62. The first-order valence-corrected chi connectivity index (χ1v) is 7.20. The number of allylic oxidation sites excluding steroid dienone is 1. The molecule has 1 heterocycles. The normalized spacial score (nSPS) is 11.0. The Kier molecular flexibility index (Phi) is 4.53. The van der Waals surface area contributed by atoms with E-state index in [1.807, 2.05) is 20.8 Å². The van der Waals surface area contributed by atoms with E-state index in [1.165, 1.54) is 12.1 Å². The van der Waals surface area contributed by atoms with E-state index in [4.69, 9.17) is 0 Å². The van der Waals surface area contributed by atoms with Gasteiger partial charge in [-0.1, -0.05) is 15.9 Å². The summed E-state index contributed by atoms with van der Waals surface area (Å²) in [7, 11) is 0. The third kappa shape index (κ3) is 3.55. The van der Waals surface area contributed by atoms with E-state index in [1.54, 1.807) is 18.2 Å². The van der Waals surface area contributed by atoms with Crippen molar-refractivity contribution in [1.82, 2.24) is 9.97 Å². The fourth-order valence-electron chi connectivity index (χ4n) is 1.85. The van der Waals surface area contributed by atoms with Crippen LogP contribution in [-0.4, -0.2) is 20.9 Å². The third-order valence-electron chi connectivity index (χ3n) is 3.14. The van der Waals surface area contributed by atoms with E-state index in [9.17, 15) is 9.90 Å². The fraction of sp³-hybridized carbons (Fsp3) is 0.188. The second-order valence-electron chi connectivity index (χ2n) is 4.72. The minimum atomic E-state index is -0.278. The van der Waals surface area contributed by atoms with Gasteiger partial charge in [-0.05, 0) is 51.1 Å². The molecule has 108 valence electrons. The lowest BCUT2D eigenvalue weighted by Crippen LogP contribution is -2.00. The topological polar surface area (TPSA) is 63.1 Å². The monoisotopic (exact) mass is 346 g/mol. The number of aromatic hydroxyl groups is 1. The van der Waals surface area contributed by atoms with Gasteiger partial charge in [0.2, 0.25) is 0 Å². The summed E-state index contributed by atoms with van der Waals surface area (Å²) in [5, 5.41) is 9.78. The lowest BCUT2D eigenvalue weighted by molar-refractivity contribution is 0.104. The number of aromatic nitrogens is 2. The molecule has 0 amide bonds. The Labute approximate surface area is 131 Å². The lowest BCUT2D eigenvalue weighted by atomic mass is 10.1. The van der Waals surface area contributed by atoms with Gasteiger partial charge in [-0.15, -0.1) is 0 Å². The van der Waals surface area contributed by atoms with Gasteiger partial charge >= 0.3 is 0 Å². The highest BCUT2D eigenvalue weighted by Gasteiger charge is 2.09. The standard InChI is InChI=1S/C16H15BrN2O2/c1-9-10(2)19-14(11(3)18-9)6-7-15(20)13-5-4-12(17)8-16(13)21/h4-8,21H,1-3H3. The van der Waals surface area contributed by atoms with Crippen molar-refractivity contribution < 1.29 is 9.90 Å². The molecule has 2 aromatic rings. The number of nitrogens with zero attached hydrogens (tertiary/aromatic N) is 2. The van der Waals surface area contributed by atoms with Crippen molar-refractivity contribution in [2.75, 3.05) is 0 Å². The van der Waals surface area contributed by atoms with Crippen LogP contribution in [0.3, 0.4) is 0 Å². The van der Waals surface area contributed by atoms with Crippen LogP contribution < -0.4 is 0 Å². The van der Waals surface area contributed by atoms with Crippen LogP contribution in [0.15, 0.2) is 28.7 Å².